The van der Waals surface area contributed by atoms with Crippen molar-refractivity contribution in [2.24, 2.45) is 0 Å². The van der Waals surface area contributed by atoms with Crippen molar-refractivity contribution in [2.45, 2.75) is 40.4 Å². The summed E-state index contributed by atoms with van der Waals surface area (Å²) in [4.78, 5) is 29.5. The average molecular weight is 275 g/mol. The minimum atomic E-state index is -0.105. The van der Waals surface area contributed by atoms with E-state index in [2.05, 4.69) is 4.74 Å². The third-order valence-corrected chi connectivity index (χ3v) is 1.77. The maximum Gasteiger partial charge on any atom is 0.186 e. The van der Waals surface area contributed by atoms with Gasteiger partial charge in [-0.25, -0.2) is 0 Å². The second-order valence-corrected chi connectivity index (χ2v) is 3.39. The molecule has 2 aliphatic heterocycles. The molecule has 0 spiro atoms. The van der Waals surface area contributed by atoms with Gasteiger partial charge in [-0.2, -0.15) is 0 Å². The normalized spacial score (nSPS) is 21.2. The second kappa shape index (κ2) is 13.1. The quantitative estimate of drug-likeness (QED) is 0.434. The standard InChI is InChI=1S/C6H8O2.C4H6O2.C2H4O.CH4.H2O/c1-2-3-5(7)6-4-8-6;1-3(5)4-2-6-4;1-2-3;;/h2-3,6H,4H2,1H3;4H,2H2,1H3;2H,1H3;1H4;1H2/p-1/b3-2+;;;;. The molecule has 2 fully saturated rings. The summed E-state index contributed by atoms with van der Waals surface area (Å²) < 4.78 is 9.34. The van der Waals surface area contributed by atoms with E-state index < -0.39 is 0 Å². The molecular weight excluding hydrogens is 252 g/mol. The molecule has 19 heavy (non-hydrogen) atoms. The largest absolute Gasteiger partial charge is 0.870 e. The summed E-state index contributed by atoms with van der Waals surface area (Å²) in [6.45, 7) is 6.07. The molecule has 2 heterocycles. The van der Waals surface area contributed by atoms with Crippen molar-refractivity contribution in [1.29, 1.82) is 0 Å². The zero-order valence-corrected chi connectivity index (χ0v) is 10.8. The highest BCUT2D eigenvalue weighted by Crippen LogP contribution is 2.09. The summed E-state index contributed by atoms with van der Waals surface area (Å²) >= 11 is 0. The highest BCUT2D eigenvalue weighted by atomic mass is 16.6. The number of Topliss-reactive ketones (excluding diaryl/α,β-unsaturated/α-hetero) is 1. The number of carbonyl (C=O) groups excluding carboxylic acids is 3. The lowest BCUT2D eigenvalue weighted by Gasteiger charge is -1.78. The first-order valence-electron chi connectivity index (χ1n) is 5.36. The second-order valence-electron chi connectivity index (χ2n) is 3.39. The van der Waals surface area contributed by atoms with Crippen molar-refractivity contribution in [2.75, 3.05) is 13.2 Å². The van der Waals surface area contributed by atoms with E-state index in [1.165, 1.54) is 19.9 Å². The number of ketones is 2. The van der Waals surface area contributed by atoms with Gasteiger partial charge in [0.05, 0.1) is 13.2 Å². The molecule has 0 bridgehead atoms. The minimum absolute atomic E-state index is 0. The summed E-state index contributed by atoms with van der Waals surface area (Å²) in [7, 11) is 0. The number of allylic oxidation sites excluding steroid dienone is 1. The first-order valence-corrected chi connectivity index (χ1v) is 5.36. The predicted molar refractivity (Wildman–Crippen MR) is 70.4 cm³/mol. The van der Waals surface area contributed by atoms with Crippen LogP contribution in [0.3, 0.4) is 0 Å². The number of rotatable bonds is 3. The Kier molecular flexibility index (Phi) is 15.7. The monoisotopic (exact) mass is 275 g/mol. The van der Waals surface area contributed by atoms with E-state index in [-0.39, 0.29) is 36.7 Å². The molecule has 2 unspecified atom stereocenters. The van der Waals surface area contributed by atoms with Crippen LogP contribution in [-0.4, -0.2) is 48.8 Å². The van der Waals surface area contributed by atoms with Crippen LogP contribution in [0.1, 0.15) is 28.2 Å². The van der Waals surface area contributed by atoms with Gasteiger partial charge in [0.15, 0.2) is 11.6 Å². The fourth-order valence-corrected chi connectivity index (χ4v) is 0.767. The van der Waals surface area contributed by atoms with Crippen molar-refractivity contribution < 1.29 is 29.3 Å². The maximum absolute atomic E-state index is 10.6. The van der Waals surface area contributed by atoms with E-state index >= 15 is 0 Å². The molecule has 0 aromatic carbocycles. The number of epoxide rings is 2. The number of carbonyl (C=O) groups is 3. The van der Waals surface area contributed by atoms with Crippen LogP contribution in [0.25, 0.3) is 0 Å². The molecule has 0 aromatic heterocycles. The summed E-state index contributed by atoms with van der Waals surface area (Å²) in [5.74, 6) is 0.238. The highest BCUT2D eigenvalue weighted by Gasteiger charge is 2.28. The van der Waals surface area contributed by atoms with E-state index in [1.54, 1.807) is 6.08 Å². The summed E-state index contributed by atoms with van der Waals surface area (Å²) in [5, 5.41) is 0. The van der Waals surface area contributed by atoms with Crippen molar-refractivity contribution in [3.05, 3.63) is 12.2 Å². The van der Waals surface area contributed by atoms with Crippen LogP contribution in [0.4, 0.5) is 0 Å². The van der Waals surface area contributed by atoms with Gasteiger partial charge in [0, 0.05) is 0 Å². The first-order chi connectivity index (χ1) is 8.06. The Bertz CT molecular complexity index is 290. The van der Waals surface area contributed by atoms with Gasteiger partial charge in [0.1, 0.15) is 18.5 Å². The molecule has 6 nitrogen and oxygen atoms in total. The van der Waals surface area contributed by atoms with Crippen LogP contribution >= 0.6 is 0 Å². The Hall–Kier alpha value is -1.37. The van der Waals surface area contributed by atoms with E-state index in [9.17, 15) is 9.59 Å². The summed E-state index contributed by atoms with van der Waals surface area (Å²) in [6, 6.07) is 0. The van der Waals surface area contributed by atoms with Gasteiger partial charge >= 0.3 is 0 Å². The van der Waals surface area contributed by atoms with Gasteiger partial charge in [-0.15, -0.1) is 0 Å². The van der Waals surface area contributed by atoms with Crippen LogP contribution in [0.2, 0.25) is 0 Å². The Morgan fingerprint density at radius 1 is 1.11 bits per heavy atom. The van der Waals surface area contributed by atoms with Gasteiger partial charge < -0.3 is 19.7 Å². The number of ether oxygens (including phenoxy) is 2. The van der Waals surface area contributed by atoms with Gasteiger partial charge in [-0.1, -0.05) is 13.5 Å². The SMILES string of the molecule is C.C/C=C/C(=O)C1CO1.CC(=O)C1CO1.CC=O.[OH-]. The van der Waals surface area contributed by atoms with Crippen LogP contribution < -0.4 is 0 Å². The third-order valence-electron chi connectivity index (χ3n) is 1.77. The van der Waals surface area contributed by atoms with Crippen LogP contribution in [0.5, 0.6) is 0 Å². The van der Waals surface area contributed by atoms with Gasteiger partial charge in [0.2, 0.25) is 0 Å². The van der Waals surface area contributed by atoms with Crippen molar-refractivity contribution >= 4 is 17.9 Å². The molecule has 0 saturated carbocycles. The molecule has 0 aromatic rings. The summed E-state index contributed by atoms with van der Waals surface area (Å²) in [5.41, 5.74) is 0. The van der Waals surface area contributed by atoms with Crippen LogP contribution in [-0.2, 0) is 23.9 Å². The van der Waals surface area contributed by atoms with E-state index in [1.807, 2.05) is 6.92 Å². The molecular formula is C13H23O6-. The number of aldehydes is 1. The number of hydrogen-bond acceptors (Lipinski definition) is 6. The zero-order valence-electron chi connectivity index (χ0n) is 10.8. The molecule has 2 rings (SSSR count). The van der Waals surface area contributed by atoms with E-state index in [0.29, 0.717) is 13.2 Å². The lowest BCUT2D eigenvalue weighted by molar-refractivity contribution is -0.118. The lowest BCUT2D eigenvalue weighted by atomic mass is 10.3. The molecule has 0 amide bonds. The smallest absolute Gasteiger partial charge is 0.186 e. The highest BCUT2D eigenvalue weighted by molar-refractivity contribution is 5.94. The molecule has 1 N–H and O–H groups in total. The van der Waals surface area contributed by atoms with Gasteiger partial charge in [-0.05, 0) is 26.8 Å². The van der Waals surface area contributed by atoms with Gasteiger partial charge in [0.25, 0.3) is 0 Å². The first kappa shape index (κ1) is 22.8. The Morgan fingerprint density at radius 3 is 1.63 bits per heavy atom. The Labute approximate surface area is 114 Å². The van der Waals surface area contributed by atoms with Crippen LogP contribution in [0.15, 0.2) is 12.2 Å². The molecule has 0 radical (unpaired) electrons. The van der Waals surface area contributed by atoms with Crippen molar-refractivity contribution in [1.82, 2.24) is 0 Å². The lowest BCUT2D eigenvalue weighted by Crippen LogP contribution is -2.00. The topological polar surface area (TPSA) is 106 Å². The molecule has 2 atom stereocenters. The zero-order chi connectivity index (χ0) is 13.3. The molecule has 112 valence electrons. The van der Waals surface area contributed by atoms with E-state index in [0.717, 1.165) is 6.29 Å². The molecule has 2 saturated heterocycles. The van der Waals surface area contributed by atoms with Crippen LogP contribution in [0, 0.1) is 0 Å². The van der Waals surface area contributed by atoms with Crippen molar-refractivity contribution in [3.8, 4) is 0 Å². The predicted octanol–water partition coefficient (Wildman–Crippen LogP) is 1.17. The average Bonchev–Trinajstić information content (AvgIpc) is 3.12. The molecule has 6 heteroatoms. The Morgan fingerprint density at radius 2 is 1.47 bits per heavy atom. The molecule has 2 aliphatic rings. The van der Waals surface area contributed by atoms with Crippen molar-refractivity contribution in [3.63, 3.8) is 0 Å². The fraction of sp³-hybridized carbons (Fsp3) is 0.615. The summed E-state index contributed by atoms with van der Waals surface area (Å²) in [6.07, 6.45) is 3.87. The third kappa shape index (κ3) is 14.6. The Balaban J connectivity index is -0.000000210. The fourth-order valence-electron chi connectivity index (χ4n) is 0.767. The maximum atomic E-state index is 10.6. The molecule has 0 aliphatic carbocycles. The van der Waals surface area contributed by atoms with E-state index in [4.69, 9.17) is 9.53 Å². The minimum Gasteiger partial charge on any atom is -0.870 e. The van der Waals surface area contributed by atoms with Gasteiger partial charge in [-0.3, -0.25) is 9.59 Å². The number of hydrogen-bond donors (Lipinski definition) is 0.